The molecule has 1 aromatic carbocycles. The van der Waals surface area contributed by atoms with E-state index in [9.17, 15) is 9.59 Å². The largest absolute Gasteiger partial charge is 0.326 e. The second kappa shape index (κ2) is 8.25. The molecular formula is C18H21ClN5O2+. The molecule has 2 N–H and O–H groups in total. The van der Waals surface area contributed by atoms with Crippen molar-refractivity contribution in [3.8, 4) is 0 Å². The third-order valence-corrected chi connectivity index (χ3v) is 4.65. The maximum absolute atomic E-state index is 12.4. The predicted molar refractivity (Wildman–Crippen MR) is 98.3 cm³/mol. The number of nitrogens with one attached hydrogen (secondary N) is 2. The van der Waals surface area contributed by atoms with Crippen LogP contribution in [-0.4, -0.2) is 59.4 Å². The van der Waals surface area contributed by atoms with Crippen LogP contribution in [0.3, 0.4) is 0 Å². The topological polar surface area (TPSA) is 79.6 Å². The standard InChI is InChI=1S/C18H20ClN5O2/c1-13-10-21-16(11-20-13)18(26)24-8-6-23(7-9-24)12-17(25)22-15-5-3-2-4-14(15)19/h2-5,10-11H,6-9,12H2,1H3,(H,22,25)/p+1. The van der Waals surface area contributed by atoms with Crippen LogP contribution in [0.2, 0.25) is 5.02 Å². The van der Waals surface area contributed by atoms with Gasteiger partial charge < -0.3 is 15.1 Å². The molecule has 1 aromatic heterocycles. The number of benzene rings is 1. The minimum absolute atomic E-state index is 0.0859. The van der Waals surface area contributed by atoms with Crippen LogP contribution < -0.4 is 10.2 Å². The van der Waals surface area contributed by atoms with Crippen LogP contribution in [0.1, 0.15) is 16.2 Å². The van der Waals surface area contributed by atoms with E-state index >= 15 is 0 Å². The number of piperazine rings is 1. The molecule has 0 aliphatic carbocycles. The van der Waals surface area contributed by atoms with E-state index in [0.29, 0.717) is 49.1 Å². The summed E-state index contributed by atoms with van der Waals surface area (Å²) in [6.07, 6.45) is 3.10. The monoisotopic (exact) mass is 374 g/mol. The van der Waals surface area contributed by atoms with Crippen LogP contribution >= 0.6 is 11.6 Å². The molecule has 136 valence electrons. The highest BCUT2D eigenvalue weighted by Gasteiger charge is 2.26. The molecule has 1 saturated heterocycles. The number of anilines is 1. The molecular weight excluding hydrogens is 354 g/mol. The molecule has 0 unspecified atom stereocenters. The molecule has 26 heavy (non-hydrogen) atoms. The van der Waals surface area contributed by atoms with E-state index in [-0.39, 0.29) is 11.8 Å². The van der Waals surface area contributed by atoms with Crippen molar-refractivity contribution in [3.05, 3.63) is 53.1 Å². The Morgan fingerprint density at radius 3 is 2.58 bits per heavy atom. The molecule has 8 heteroatoms. The maximum Gasteiger partial charge on any atom is 0.279 e. The number of amides is 2. The van der Waals surface area contributed by atoms with Crippen molar-refractivity contribution in [2.45, 2.75) is 6.92 Å². The molecule has 0 saturated carbocycles. The molecule has 1 fully saturated rings. The van der Waals surface area contributed by atoms with Gasteiger partial charge in [0.2, 0.25) is 0 Å². The van der Waals surface area contributed by atoms with Crippen LogP contribution in [0, 0.1) is 6.92 Å². The van der Waals surface area contributed by atoms with Crippen LogP contribution in [0.4, 0.5) is 5.69 Å². The first kappa shape index (κ1) is 18.3. The normalized spacial score (nSPS) is 14.9. The number of aromatic nitrogens is 2. The van der Waals surface area contributed by atoms with Crippen LogP contribution in [-0.2, 0) is 4.79 Å². The van der Waals surface area contributed by atoms with Crippen LogP contribution in [0.5, 0.6) is 0 Å². The number of aryl methyl sites for hydroxylation is 1. The van der Waals surface area contributed by atoms with Gasteiger partial charge in [-0.1, -0.05) is 23.7 Å². The van der Waals surface area contributed by atoms with Crippen molar-refractivity contribution in [2.24, 2.45) is 0 Å². The molecule has 1 aliphatic rings. The van der Waals surface area contributed by atoms with Crippen molar-refractivity contribution in [1.29, 1.82) is 0 Å². The minimum Gasteiger partial charge on any atom is -0.326 e. The smallest absolute Gasteiger partial charge is 0.279 e. The van der Waals surface area contributed by atoms with Gasteiger partial charge in [-0.2, -0.15) is 0 Å². The van der Waals surface area contributed by atoms with E-state index in [4.69, 9.17) is 11.6 Å². The van der Waals surface area contributed by atoms with E-state index in [1.807, 2.05) is 19.1 Å². The van der Waals surface area contributed by atoms with E-state index < -0.39 is 0 Å². The lowest BCUT2D eigenvalue weighted by Gasteiger charge is -2.31. The number of hydrogen-bond donors (Lipinski definition) is 2. The third kappa shape index (κ3) is 4.56. The Bertz CT molecular complexity index is 788. The number of hydrogen-bond acceptors (Lipinski definition) is 4. The quantitative estimate of drug-likeness (QED) is 0.812. The molecule has 3 rings (SSSR count). The summed E-state index contributed by atoms with van der Waals surface area (Å²) in [6.45, 7) is 4.77. The van der Waals surface area contributed by atoms with Crippen LogP contribution in [0.25, 0.3) is 0 Å². The van der Waals surface area contributed by atoms with Gasteiger partial charge >= 0.3 is 0 Å². The summed E-state index contributed by atoms with van der Waals surface area (Å²) < 4.78 is 0. The first-order valence-electron chi connectivity index (χ1n) is 8.49. The zero-order valence-corrected chi connectivity index (χ0v) is 15.3. The number of rotatable bonds is 4. The molecule has 0 bridgehead atoms. The van der Waals surface area contributed by atoms with E-state index in [1.54, 1.807) is 23.2 Å². The molecule has 0 radical (unpaired) electrons. The van der Waals surface area contributed by atoms with Gasteiger partial charge in [0.05, 0.1) is 48.8 Å². The fourth-order valence-electron chi connectivity index (χ4n) is 2.85. The fourth-order valence-corrected chi connectivity index (χ4v) is 3.03. The number of carbonyl (C=O) groups excluding carboxylic acids is 2. The summed E-state index contributed by atoms with van der Waals surface area (Å²) >= 11 is 6.06. The number of carbonyl (C=O) groups is 2. The highest BCUT2D eigenvalue weighted by molar-refractivity contribution is 6.33. The highest BCUT2D eigenvalue weighted by atomic mass is 35.5. The molecule has 1 aliphatic heterocycles. The molecule has 0 spiro atoms. The van der Waals surface area contributed by atoms with Gasteiger partial charge in [0.1, 0.15) is 5.69 Å². The summed E-state index contributed by atoms with van der Waals surface area (Å²) in [5.74, 6) is -0.200. The summed E-state index contributed by atoms with van der Waals surface area (Å²) in [5, 5.41) is 3.35. The zero-order chi connectivity index (χ0) is 18.5. The van der Waals surface area contributed by atoms with Gasteiger partial charge in [-0.25, -0.2) is 4.98 Å². The Morgan fingerprint density at radius 1 is 1.19 bits per heavy atom. The average molecular weight is 375 g/mol. The van der Waals surface area contributed by atoms with Gasteiger partial charge in [0.15, 0.2) is 6.54 Å². The third-order valence-electron chi connectivity index (χ3n) is 4.32. The predicted octanol–water partition coefficient (Wildman–Crippen LogP) is 0.418. The second-order valence-electron chi connectivity index (χ2n) is 6.29. The van der Waals surface area contributed by atoms with Gasteiger partial charge in [0.25, 0.3) is 11.8 Å². The van der Waals surface area contributed by atoms with E-state index in [1.165, 1.54) is 6.20 Å². The summed E-state index contributed by atoms with van der Waals surface area (Å²) in [7, 11) is 0. The number of quaternary nitrogens is 1. The zero-order valence-electron chi connectivity index (χ0n) is 14.5. The molecule has 2 heterocycles. The SMILES string of the molecule is Cc1cnc(C(=O)N2CC[NH+](CC(=O)Nc3ccccc3Cl)CC2)cn1. The summed E-state index contributed by atoms with van der Waals surface area (Å²) in [6, 6.07) is 7.15. The highest BCUT2D eigenvalue weighted by Crippen LogP contribution is 2.19. The Morgan fingerprint density at radius 2 is 1.92 bits per heavy atom. The number of para-hydroxylation sites is 1. The van der Waals surface area contributed by atoms with Crippen molar-refractivity contribution in [1.82, 2.24) is 14.9 Å². The molecule has 0 atom stereocenters. The fraction of sp³-hybridized carbons (Fsp3) is 0.333. The minimum atomic E-state index is -0.114. The van der Waals surface area contributed by atoms with E-state index in [0.717, 1.165) is 10.6 Å². The van der Waals surface area contributed by atoms with Gasteiger partial charge in [-0.05, 0) is 19.1 Å². The maximum atomic E-state index is 12.4. The van der Waals surface area contributed by atoms with Crippen molar-refractivity contribution in [3.63, 3.8) is 0 Å². The van der Waals surface area contributed by atoms with Crippen molar-refractivity contribution in [2.75, 3.05) is 38.0 Å². The van der Waals surface area contributed by atoms with E-state index in [2.05, 4.69) is 15.3 Å². The first-order valence-corrected chi connectivity index (χ1v) is 8.86. The molecule has 2 aromatic rings. The van der Waals surface area contributed by atoms with Gasteiger partial charge in [-0.15, -0.1) is 0 Å². The lowest BCUT2D eigenvalue weighted by atomic mass is 10.2. The lowest BCUT2D eigenvalue weighted by molar-refractivity contribution is -0.895. The Labute approximate surface area is 157 Å². The molecule has 2 amide bonds. The number of nitrogens with zero attached hydrogens (tertiary/aromatic N) is 3. The summed E-state index contributed by atoms with van der Waals surface area (Å²) in [4.78, 5) is 35.8. The molecule has 7 nitrogen and oxygen atoms in total. The summed E-state index contributed by atoms with van der Waals surface area (Å²) in [5.41, 5.74) is 1.75. The van der Waals surface area contributed by atoms with Crippen LogP contribution in [0.15, 0.2) is 36.7 Å². The second-order valence-corrected chi connectivity index (χ2v) is 6.70. The lowest BCUT2D eigenvalue weighted by Crippen LogP contribution is -3.15. The Balaban J connectivity index is 1.49. The Kier molecular flexibility index (Phi) is 5.80. The van der Waals surface area contributed by atoms with Crippen molar-refractivity contribution >= 4 is 29.1 Å². The average Bonchev–Trinajstić information content (AvgIpc) is 2.64. The first-order chi connectivity index (χ1) is 12.5. The van der Waals surface area contributed by atoms with Crippen molar-refractivity contribution < 1.29 is 14.5 Å². The van der Waals surface area contributed by atoms with Gasteiger partial charge in [0, 0.05) is 6.20 Å². The Hall–Kier alpha value is -2.51. The van der Waals surface area contributed by atoms with Gasteiger partial charge in [-0.3, -0.25) is 14.6 Å². The number of halogens is 1.